The third-order valence-electron chi connectivity index (χ3n) is 4.59. The molecule has 0 fully saturated rings. The van der Waals surface area contributed by atoms with E-state index in [1.54, 1.807) is 0 Å². The summed E-state index contributed by atoms with van der Waals surface area (Å²) < 4.78 is 63.0. The molecule has 0 unspecified atom stereocenters. The van der Waals surface area contributed by atoms with Crippen molar-refractivity contribution in [2.45, 2.75) is 9.79 Å². The van der Waals surface area contributed by atoms with Crippen LogP contribution < -0.4 is 32.4 Å². The maximum absolute atomic E-state index is 12.7. The second-order valence-corrected chi connectivity index (χ2v) is 9.87. The summed E-state index contributed by atoms with van der Waals surface area (Å²) in [6.07, 6.45) is 0. The predicted molar refractivity (Wildman–Crippen MR) is 126 cm³/mol. The van der Waals surface area contributed by atoms with E-state index in [0.29, 0.717) is 12.1 Å². The summed E-state index contributed by atoms with van der Waals surface area (Å²) in [5, 5.41) is 28.4. The van der Waals surface area contributed by atoms with Crippen LogP contribution in [-0.4, -0.2) is 35.8 Å². The molecular formula is C18H12N6O12S2. The summed E-state index contributed by atoms with van der Waals surface area (Å²) in [4.78, 5) is 43.8. The van der Waals surface area contributed by atoms with Crippen LogP contribution in [0.25, 0.3) is 0 Å². The topological polar surface area (TPSA) is 278 Å². The van der Waals surface area contributed by atoms with Gasteiger partial charge in [0, 0.05) is 12.1 Å². The normalized spacial score (nSPS) is 12.8. The molecule has 0 aliphatic carbocycles. The van der Waals surface area contributed by atoms with Gasteiger partial charge in [-0.05, 0) is 36.4 Å². The van der Waals surface area contributed by atoms with Crippen LogP contribution in [0.15, 0.2) is 78.1 Å². The molecule has 20 heteroatoms. The molecule has 3 aromatic rings. The van der Waals surface area contributed by atoms with Crippen LogP contribution in [0.2, 0.25) is 0 Å². The van der Waals surface area contributed by atoms with E-state index in [1.807, 2.05) is 0 Å². The summed E-state index contributed by atoms with van der Waals surface area (Å²) in [6.45, 7) is 0. The van der Waals surface area contributed by atoms with E-state index >= 15 is 0 Å². The van der Waals surface area contributed by atoms with E-state index in [4.69, 9.17) is 9.11 Å². The third kappa shape index (κ3) is 6.07. The Morgan fingerprint density at radius 3 is 1.58 bits per heavy atom. The zero-order valence-electron chi connectivity index (χ0n) is 18.2. The molecule has 0 aliphatic heterocycles. The van der Waals surface area contributed by atoms with Crippen LogP contribution in [0.1, 0.15) is 0 Å². The number of hydrogen-bond donors (Lipinski definition) is 4. The zero-order valence-corrected chi connectivity index (χ0v) is 19.8. The average molecular weight is 568 g/mol. The zero-order chi connectivity index (χ0) is 28.4. The minimum Gasteiger partial charge on any atom is -0.287 e. The van der Waals surface area contributed by atoms with Crippen molar-refractivity contribution in [2.24, 2.45) is 10.2 Å². The monoisotopic (exact) mass is 568 g/mol. The molecule has 3 rings (SSSR count). The molecule has 0 saturated heterocycles. The van der Waals surface area contributed by atoms with Gasteiger partial charge in [-0.15, -0.1) is 0 Å². The van der Waals surface area contributed by atoms with E-state index in [2.05, 4.69) is 21.1 Å². The molecule has 38 heavy (non-hydrogen) atoms. The Bertz CT molecular complexity index is 1930. The Morgan fingerprint density at radius 1 is 0.711 bits per heavy atom. The Hall–Kier alpha value is -4.92. The van der Waals surface area contributed by atoms with Gasteiger partial charge in [-0.2, -0.15) is 27.0 Å². The smallest absolute Gasteiger partial charge is 0.287 e. The van der Waals surface area contributed by atoms with Crippen molar-refractivity contribution in [2.75, 3.05) is 10.9 Å². The average Bonchev–Trinajstić information content (AvgIpc) is 2.82. The third-order valence-corrected chi connectivity index (χ3v) is 6.29. The molecule has 0 heterocycles. The molecule has 0 spiro atoms. The van der Waals surface area contributed by atoms with Crippen LogP contribution in [0.4, 0.5) is 22.7 Å². The summed E-state index contributed by atoms with van der Waals surface area (Å²) in [5.41, 5.74) is -0.365. The maximum atomic E-state index is 12.7. The molecule has 0 aliphatic rings. The van der Waals surface area contributed by atoms with Crippen LogP contribution >= 0.6 is 0 Å². The molecule has 18 nitrogen and oxygen atoms in total. The first-order chi connectivity index (χ1) is 17.6. The van der Waals surface area contributed by atoms with Crippen molar-refractivity contribution in [3.63, 3.8) is 0 Å². The van der Waals surface area contributed by atoms with Crippen molar-refractivity contribution in [3.8, 4) is 0 Å². The first-order valence-corrected chi connectivity index (χ1v) is 12.4. The number of nitrogens with zero attached hydrogens (tertiary/aromatic N) is 4. The highest BCUT2D eigenvalue weighted by molar-refractivity contribution is 7.86. The minimum absolute atomic E-state index is 0.390. The second-order valence-electron chi connectivity index (χ2n) is 7.03. The van der Waals surface area contributed by atoms with E-state index < -0.39 is 78.5 Å². The summed E-state index contributed by atoms with van der Waals surface area (Å²) in [5.74, 6) is 0. The van der Waals surface area contributed by atoms with Crippen molar-refractivity contribution < 1.29 is 35.8 Å². The highest BCUT2D eigenvalue weighted by Gasteiger charge is 2.21. The van der Waals surface area contributed by atoms with Gasteiger partial charge < -0.3 is 0 Å². The van der Waals surface area contributed by atoms with Gasteiger partial charge in [0.2, 0.25) is 10.9 Å². The minimum atomic E-state index is -4.78. The van der Waals surface area contributed by atoms with Gasteiger partial charge >= 0.3 is 0 Å². The Balaban J connectivity index is 2.05. The van der Waals surface area contributed by atoms with Crippen LogP contribution in [0.5, 0.6) is 0 Å². The molecule has 0 aromatic heterocycles. The Morgan fingerprint density at radius 2 is 1.16 bits per heavy atom. The van der Waals surface area contributed by atoms with Gasteiger partial charge in [0.1, 0.15) is 26.5 Å². The second kappa shape index (κ2) is 10.2. The molecule has 0 saturated carbocycles. The highest BCUT2D eigenvalue weighted by atomic mass is 32.2. The fourth-order valence-electron chi connectivity index (χ4n) is 2.81. The molecule has 198 valence electrons. The maximum Gasteiger partial charge on any atom is 0.295 e. The standard InChI is InChI=1S/C18H12N6O12S2/c25-16-6-5-13(21-19-11-3-1-9(37(31,32)33)7-14(11)23(27)28)18(26)17(16)22-20-12-4-2-10(38(34,35)36)8-15(12)24(29)30/h1-8,19-20H,(H,31,32,33)(H,34,35,36). The molecular weight excluding hydrogens is 556 g/mol. The van der Waals surface area contributed by atoms with E-state index in [9.17, 15) is 46.7 Å². The van der Waals surface area contributed by atoms with Gasteiger partial charge in [0.05, 0.1) is 9.85 Å². The lowest BCUT2D eigenvalue weighted by Crippen LogP contribution is -2.48. The highest BCUT2D eigenvalue weighted by Crippen LogP contribution is 2.28. The number of rotatable bonds is 8. The number of benzene rings is 3. The fourth-order valence-corrected chi connectivity index (χ4v) is 3.81. The molecule has 0 atom stereocenters. The van der Waals surface area contributed by atoms with E-state index in [-0.39, 0.29) is 5.69 Å². The Kier molecular flexibility index (Phi) is 7.44. The van der Waals surface area contributed by atoms with Crippen molar-refractivity contribution in [3.05, 3.63) is 99.9 Å². The van der Waals surface area contributed by atoms with Crippen LogP contribution in [0, 0.1) is 20.2 Å². The van der Waals surface area contributed by atoms with Crippen molar-refractivity contribution >= 4 is 43.0 Å². The first kappa shape index (κ1) is 27.7. The van der Waals surface area contributed by atoms with Crippen molar-refractivity contribution in [1.82, 2.24) is 0 Å². The lowest BCUT2D eigenvalue weighted by atomic mass is 10.3. The summed E-state index contributed by atoms with van der Waals surface area (Å²) >= 11 is 0. The largest absolute Gasteiger partial charge is 0.295 e. The number of hydrogen-bond acceptors (Lipinski definition) is 14. The molecule has 0 radical (unpaired) electrons. The lowest BCUT2D eigenvalue weighted by Gasteiger charge is -2.04. The van der Waals surface area contributed by atoms with Gasteiger partial charge in [0.25, 0.3) is 31.6 Å². The lowest BCUT2D eigenvalue weighted by molar-refractivity contribution is -0.384. The van der Waals surface area contributed by atoms with E-state index in [1.165, 1.54) is 0 Å². The molecule has 0 amide bonds. The Labute approximate surface area is 209 Å². The quantitative estimate of drug-likeness (QED) is 0.151. The van der Waals surface area contributed by atoms with Gasteiger partial charge in [-0.25, -0.2) is 0 Å². The first-order valence-electron chi connectivity index (χ1n) is 9.56. The summed E-state index contributed by atoms with van der Waals surface area (Å²) in [6, 6.07) is 6.18. The van der Waals surface area contributed by atoms with E-state index in [0.717, 1.165) is 36.4 Å². The molecule has 4 N–H and O–H groups in total. The number of nitro groups is 2. The van der Waals surface area contributed by atoms with Crippen LogP contribution in [-0.2, 0) is 20.2 Å². The SMILES string of the molecule is O=c1ccc(=NNc2ccc(S(=O)(=O)O)cc2[N+](=O)[O-])c(=O)c1=NNc1ccc(S(=O)(=O)O)cc1[N+](=O)[O-]. The number of nitro benzene ring substituents is 2. The van der Waals surface area contributed by atoms with Crippen LogP contribution in [0.3, 0.4) is 0 Å². The fraction of sp³-hybridized carbons (Fsp3) is 0. The molecule has 0 bridgehead atoms. The van der Waals surface area contributed by atoms with Gasteiger partial charge in [0.15, 0.2) is 5.36 Å². The predicted octanol–water partition coefficient (Wildman–Crippen LogP) is -0.552. The molecule has 3 aromatic carbocycles. The van der Waals surface area contributed by atoms with Gasteiger partial charge in [-0.3, -0.25) is 49.8 Å². The summed E-state index contributed by atoms with van der Waals surface area (Å²) in [7, 11) is -9.53. The number of anilines is 2. The van der Waals surface area contributed by atoms with Crippen molar-refractivity contribution in [1.29, 1.82) is 0 Å². The van der Waals surface area contributed by atoms with Gasteiger partial charge in [-0.1, -0.05) is 0 Å². The number of nitrogens with one attached hydrogen (secondary N) is 2.